The smallest absolute Gasteiger partial charge is 0.313 e. The van der Waals surface area contributed by atoms with E-state index in [1.807, 2.05) is 55.4 Å². The van der Waals surface area contributed by atoms with E-state index >= 15 is 0 Å². The van der Waals surface area contributed by atoms with Crippen molar-refractivity contribution in [3.05, 3.63) is 0 Å². The van der Waals surface area contributed by atoms with Crippen LogP contribution in [0.3, 0.4) is 0 Å². The van der Waals surface area contributed by atoms with Gasteiger partial charge in [0.25, 0.3) is 0 Å². The Hall–Kier alpha value is -2.69. The molecule has 11 nitrogen and oxygen atoms in total. The zero-order chi connectivity index (χ0) is 58.2. The molecule has 0 spiro atoms. The average Bonchev–Trinajstić information content (AvgIpc) is 1.46. The first-order valence-electron chi connectivity index (χ1n) is 34.6. The summed E-state index contributed by atoms with van der Waals surface area (Å²) in [4.78, 5) is 64.7. The molecule has 0 radical (unpaired) electrons. The van der Waals surface area contributed by atoms with Gasteiger partial charge in [0.15, 0.2) is 6.79 Å². The molecule has 0 saturated heterocycles. The van der Waals surface area contributed by atoms with Gasteiger partial charge >= 0.3 is 29.8 Å². The summed E-state index contributed by atoms with van der Waals surface area (Å²) >= 11 is 0. The molecule has 0 heterocycles. The molecule has 0 N–H and O–H groups in total. The van der Waals surface area contributed by atoms with Gasteiger partial charge in [0.2, 0.25) is 0 Å². The van der Waals surface area contributed by atoms with Crippen LogP contribution in [-0.2, 0) is 52.4 Å². The Balaban J connectivity index is 0.000000180. The van der Waals surface area contributed by atoms with E-state index < -0.39 is 16.2 Å². The number of rotatable bonds is 17. The Morgan fingerprint density at radius 2 is 0.779 bits per heavy atom. The molecule has 0 aliphatic heterocycles. The zero-order valence-electron chi connectivity index (χ0n) is 53.0. The summed E-state index contributed by atoms with van der Waals surface area (Å²) in [5.41, 5.74) is -1.60. The Labute approximate surface area is 523 Å². The lowest BCUT2D eigenvalue weighted by Gasteiger charge is -2.60. The van der Waals surface area contributed by atoms with Gasteiger partial charge < -0.3 is 28.4 Å². The van der Waals surface area contributed by atoms with Crippen molar-refractivity contribution >= 4 is 29.8 Å². The SMILES string of the molecule is C.C.C.C.CCC(C)(C)C(=O)OC1CC2CC1C1C3CC(CC3C(=O)OC3(C)C4CC5CC(C4)CC3C5)C21.CCC(C)(C)C(=O)OC1CC2CC1C1C3CC(CC3C(=O)OC3(CC)C4CC5CC(C4)CC3C5)C21.CCCOCOC(=O)C(C)(C)CC. The van der Waals surface area contributed by atoms with E-state index in [4.69, 9.17) is 28.4 Å². The summed E-state index contributed by atoms with van der Waals surface area (Å²) in [7, 11) is 0. The van der Waals surface area contributed by atoms with E-state index in [2.05, 4.69) is 27.7 Å². The Morgan fingerprint density at radius 1 is 0.419 bits per heavy atom. The summed E-state index contributed by atoms with van der Waals surface area (Å²) in [6, 6.07) is 0. The summed E-state index contributed by atoms with van der Waals surface area (Å²) in [6.45, 7) is 25.1. The third kappa shape index (κ3) is 11.7. The summed E-state index contributed by atoms with van der Waals surface area (Å²) in [5, 5.41) is 0. The molecule has 16 saturated carbocycles. The Kier molecular flexibility index (Phi) is 20.7. The minimum atomic E-state index is -0.407. The maximum absolute atomic E-state index is 13.9. The monoisotopic (exact) mass is 1200 g/mol. The van der Waals surface area contributed by atoms with Crippen molar-refractivity contribution in [1.29, 1.82) is 0 Å². The molecular weight excluding hydrogens is 1080 g/mol. The van der Waals surface area contributed by atoms with E-state index in [-0.39, 0.29) is 102 Å². The molecule has 0 amide bonds. The second kappa shape index (κ2) is 25.8. The van der Waals surface area contributed by atoms with Gasteiger partial charge in [-0.2, -0.15) is 0 Å². The number of hydrogen-bond donors (Lipinski definition) is 0. The fraction of sp³-hybridized carbons (Fsp3) is 0.933. The quantitative estimate of drug-likeness (QED) is 0.0452. The van der Waals surface area contributed by atoms with Gasteiger partial charge in [-0.1, -0.05) is 64.3 Å². The highest BCUT2D eigenvalue weighted by atomic mass is 16.7. The van der Waals surface area contributed by atoms with Crippen molar-refractivity contribution in [2.75, 3.05) is 13.4 Å². The topological polar surface area (TPSA) is 141 Å². The normalized spacial score (nSPS) is 44.5. The van der Waals surface area contributed by atoms with Crippen molar-refractivity contribution in [3.8, 4) is 0 Å². The average molecular weight is 1200 g/mol. The van der Waals surface area contributed by atoms with Crippen LogP contribution in [-0.4, -0.2) is 66.7 Å². The molecule has 0 aromatic rings. The molecule has 16 fully saturated rings. The van der Waals surface area contributed by atoms with E-state index in [1.165, 1.54) is 89.9 Å². The van der Waals surface area contributed by atoms with Gasteiger partial charge in [0.1, 0.15) is 23.4 Å². The van der Waals surface area contributed by atoms with E-state index in [0.29, 0.717) is 89.5 Å². The van der Waals surface area contributed by atoms with Crippen molar-refractivity contribution in [2.24, 2.45) is 146 Å². The zero-order valence-corrected chi connectivity index (χ0v) is 53.0. The number of esters is 5. The van der Waals surface area contributed by atoms with Crippen molar-refractivity contribution in [3.63, 3.8) is 0 Å². The molecule has 16 rings (SSSR count). The van der Waals surface area contributed by atoms with E-state index in [0.717, 1.165) is 93.3 Å². The van der Waals surface area contributed by atoms with Crippen LogP contribution in [0.4, 0.5) is 0 Å². The maximum Gasteiger partial charge on any atom is 0.313 e. The highest BCUT2D eigenvalue weighted by molar-refractivity contribution is 5.77. The fourth-order valence-electron chi connectivity index (χ4n) is 23.1. The second-order valence-corrected chi connectivity index (χ2v) is 33.1. The summed E-state index contributed by atoms with van der Waals surface area (Å²) in [6.07, 6.45) is 26.7. The van der Waals surface area contributed by atoms with Gasteiger partial charge in [0, 0.05) is 0 Å². The first-order chi connectivity index (χ1) is 39.0. The summed E-state index contributed by atoms with van der Waals surface area (Å²) in [5.74, 6) is 13.5. The molecule has 11 heteroatoms. The van der Waals surface area contributed by atoms with Crippen LogP contribution in [0.25, 0.3) is 0 Å². The third-order valence-electron chi connectivity index (χ3n) is 28.0. The van der Waals surface area contributed by atoms with Gasteiger partial charge in [0.05, 0.1) is 34.7 Å². The van der Waals surface area contributed by atoms with Crippen LogP contribution >= 0.6 is 0 Å². The molecule has 16 unspecified atom stereocenters. The van der Waals surface area contributed by atoms with Gasteiger partial charge in [-0.25, -0.2) is 0 Å². The minimum Gasteiger partial charge on any atom is -0.462 e. The lowest BCUT2D eigenvalue weighted by Crippen LogP contribution is -2.60. The fourth-order valence-corrected chi connectivity index (χ4v) is 23.1. The van der Waals surface area contributed by atoms with Crippen LogP contribution < -0.4 is 0 Å². The lowest BCUT2D eigenvalue weighted by atomic mass is 9.49. The predicted molar refractivity (Wildman–Crippen MR) is 340 cm³/mol. The molecule has 16 aliphatic rings. The predicted octanol–water partition coefficient (Wildman–Crippen LogP) is 17.3. The highest BCUT2D eigenvalue weighted by Gasteiger charge is 2.70. The van der Waals surface area contributed by atoms with Crippen LogP contribution in [0.2, 0.25) is 0 Å². The molecule has 0 aromatic carbocycles. The van der Waals surface area contributed by atoms with Crippen LogP contribution in [0.5, 0.6) is 0 Å². The molecule has 16 bridgehead atoms. The lowest BCUT2D eigenvalue weighted by molar-refractivity contribution is -0.217. The van der Waals surface area contributed by atoms with Crippen LogP contribution in [0.1, 0.15) is 260 Å². The molecule has 16 atom stereocenters. The second-order valence-electron chi connectivity index (χ2n) is 33.1. The van der Waals surface area contributed by atoms with Gasteiger partial charge in [-0.15, -0.1) is 0 Å². The Morgan fingerprint density at radius 3 is 1.16 bits per heavy atom. The number of carbonyl (C=O) groups excluding carboxylic acids is 5. The van der Waals surface area contributed by atoms with Crippen LogP contribution in [0, 0.1) is 146 Å². The van der Waals surface area contributed by atoms with Gasteiger partial charge in [-0.3, -0.25) is 24.0 Å². The molecule has 16 aliphatic carbocycles. The van der Waals surface area contributed by atoms with Crippen LogP contribution in [0.15, 0.2) is 0 Å². The molecule has 86 heavy (non-hydrogen) atoms. The van der Waals surface area contributed by atoms with Gasteiger partial charge in [-0.05, 0) is 315 Å². The van der Waals surface area contributed by atoms with Crippen molar-refractivity contribution in [1.82, 2.24) is 0 Å². The maximum atomic E-state index is 13.9. The number of hydrogen-bond acceptors (Lipinski definition) is 11. The summed E-state index contributed by atoms with van der Waals surface area (Å²) < 4.78 is 35.7. The number of carbonyl (C=O) groups is 5. The first-order valence-corrected chi connectivity index (χ1v) is 34.6. The molecule has 0 aromatic heterocycles. The first kappa shape index (κ1) is 69.2. The van der Waals surface area contributed by atoms with Crippen molar-refractivity contribution < 1.29 is 52.4 Å². The van der Waals surface area contributed by atoms with E-state index in [9.17, 15) is 24.0 Å². The minimum absolute atomic E-state index is 0. The largest absolute Gasteiger partial charge is 0.462 e. The Bertz CT molecular complexity index is 2350. The molecular formula is C75H126O11. The number of ether oxygens (including phenoxy) is 6. The standard InChI is InChI=1S/C31H46O4.C30H44O4.C10H20O3.4CH4/c1-5-30(3,4)29(33)34-25-15-19-14-24(25)27-22-12-18(26(19)27)13-23(22)28(32)35-31(6-2)20-8-16-7-17(10-20)11-21(31)9-16;1-5-29(2,3)28(32)33-24-14-18-13-23(24)26-21-11-17(25(18)26)12-22(21)27(31)34-30(4)19-7-15-6-16(9-19)10-20(30)8-15;1-5-7-12-8-13-9(11)10(3,4)6-2;;;;/h16-27H,5-15H2,1-4H3;15-26H,5-14H2,1-4H3;5-8H2,1-4H3;4*1H4. The number of fused-ring (bicyclic) bond motifs is 18. The van der Waals surface area contributed by atoms with E-state index in [1.54, 1.807) is 0 Å². The highest BCUT2D eigenvalue weighted by Crippen LogP contribution is 2.72. The third-order valence-corrected chi connectivity index (χ3v) is 28.0. The van der Waals surface area contributed by atoms with Crippen molar-refractivity contribution in [2.45, 2.75) is 284 Å². The molecule has 492 valence electrons.